The highest BCUT2D eigenvalue weighted by molar-refractivity contribution is 6.28. The Bertz CT molecular complexity index is 631. The van der Waals surface area contributed by atoms with Crippen molar-refractivity contribution in [2.24, 2.45) is 0 Å². The maximum Gasteiger partial charge on any atom is 0.223 e. The van der Waals surface area contributed by atoms with Crippen molar-refractivity contribution in [3.05, 3.63) is 65.6 Å². The van der Waals surface area contributed by atoms with Crippen LogP contribution in [0.15, 0.2) is 54.6 Å². The molecule has 0 aliphatic heterocycles. The van der Waals surface area contributed by atoms with Crippen LogP contribution < -0.4 is 0 Å². The number of rotatable bonds is 4. The van der Waals surface area contributed by atoms with Gasteiger partial charge in [-0.25, -0.2) is 9.97 Å². The van der Waals surface area contributed by atoms with E-state index in [4.69, 9.17) is 11.6 Å². The molecule has 2 aromatic rings. The van der Waals surface area contributed by atoms with Crippen LogP contribution in [0.5, 0.6) is 0 Å². The van der Waals surface area contributed by atoms with Gasteiger partial charge in [-0.05, 0) is 36.6 Å². The topological polar surface area (TPSA) is 25.8 Å². The molecule has 2 nitrogen and oxygen atoms in total. The fourth-order valence-electron chi connectivity index (χ4n) is 1.98. The lowest BCUT2D eigenvalue weighted by Crippen LogP contribution is -1.94. The van der Waals surface area contributed by atoms with Gasteiger partial charge in [0.2, 0.25) is 5.28 Å². The van der Waals surface area contributed by atoms with Gasteiger partial charge >= 0.3 is 0 Å². The molecular formula is C17H17ClN2. The smallest absolute Gasteiger partial charge is 0.218 e. The normalized spacial score (nSPS) is 12.1. The van der Waals surface area contributed by atoms with Crippen molar-refractivity contribution in [1.82, 2.24) is 9.97 Å². The van der Waals surface area contributed by atoms with E-state index >= 15 is 0 Å². The van der Waals surface area contributed by atoms with Crippen molar-refractivity contribution in [2.45, 2.75) is 20.3 Å². The van der Waals surface area contributed by atoms with Crippen LogP contribution in [0, 0.1) is 0 Å². The molecule has 2 rings (SSSR count). The SMILES string of the molecule is C/C=C\C(=C/CC)c1cc(-c2ccccc2)nc(Cl)n1. The number of benzene rings is 1. The molecule has 1 aromatic heterocycles. The molecule has 0 amide bonds. The van der Waals surface area contributed by atoms with Gasteiger partial charge in [-0.15, -0.1) is 0 Å². The van der Waals surface area contributed by atoms with Gasteiger partial charge in [0.1, 0.15) is 0 Å². The van der Waals surface area contributed by atoms with Crippen molar-refractivity contribution in [3.8, 4) is 11.3 Å². The maximum absolute atomic E-state index is 6.07. The molecule has 0 saturated carbocycles. The zero-order valence-electron chi connectivity index (χ0n) is 11.7. The van der Waals surface area contributed by atoms with Gasteiger partial charge in [-0.2, -0.15) is 0 Å². The van der Waals surface area contributed by atoms with E-state index in [1.807, 2.05) is 55.5 Å². The van der Waals surface area contributed by atoms with Gasteiger partial charge in [0.15, 0.2) is 0 Å². The van der Waals surface area contributed by atoms with Gasteiger partial charge in [0.05, 0.1) is 11.4 Å². The summed E-state index contributed by atoms with van der Waals surface area (Å²) in [6.07, 6.45) is 7.12. The molecule has 0 N–H and O–H groups in total. The summed E-state index contributed by atoms with van der Waals surface area (Å²) in [5, 5.41) is 0.271. The third kappa shape index (κ3) is 3.55. The lowest BCUT2D eigenvalue weighted by molar-refractivity contribution is 1.14. The molecule has 0 unspecified atom stereocenters. The van der Waals surface area contributed by atoms with Crippen LogP contribution in [-0.2, 0) is 0 Å². The van der Waals surface area contributed by atoms with E-state index in [2.05, 4.69) is 23.0 Å². The van der Waals surface area contributed by atoms with Crippen LogP contribution in [-0.4, -0.2) is 9.97 Å². The fourth-order valence-corrected chi connectivity index (χ4v) is 2.16. The minimum absolute atomic E-state index is 0.271. The Morgan fingerprint density at radius 2 is 1.95 bits per heavy atom. The van der Waals surface area contributed by atoms with E-state index in [0.29, 0.717) is 0 Å². The average molecular weight is 285 g/mol. The summed E-state index contributed by atoms with van der Waals surface area (Å²) in [5.41, 5.74) is 3.79. The minimum atomic E-state index is 0.271. The molecule has 1 aromatic carbocycles. The van der Waals surface area contributed by atoms with Gasteiger partial charge in [0, 0.05) is 5.56 Å². The summed E-state index contributed by atoms with van der Waals surface area (Å²) >= 11 is 6.07. The van der Waals surface area contributed by atoms with Crippen molar-refractivity contribution >= 4 is 17.2 Å². The van der Waals surface area contributed by atoms with Crippen LogP contribution in [0.25, 0.3) is 16.8 Å². The Morgan fingerprint density at radius 3 is 2.60 bits per heavy atom. The highest BCUT2D eigenvalue weighted by Crippen LogP contribution is 2.23. The van der Waals surface area contributed by atoms with E-state index in [9.17, 15) is 0 Å². The number of hydrogen-bond acceptors (Lipinski definition) is 2. The second-order valence-electron chi connectivity index (χ2n) is 4.34. The molecule has 102 valence electrons. The van der Waals surface area contributed by atoms with Crippen LogP contribution in [0.1, 0.15) is 26.0 Å². The fraction of sp³-hybridized carbons (Fsp3) is 0.176. The van der Waals surface area contributed by atoms with E-state index < -0.39 is 0 Å². The monoisotopic (exact) mass is 284 g/mol. The van der Waals surface area contributed by atoms with Crippen molar-refractivity contribution in [3.63, 3.8) is 0 Å². The molecule has 0 aliphatic carbocycles. The second kappa shape index (κ2) is 7.01. The first-order valence-electron chi connectivity index (χ1n) is 6.67. The summed E-state index contributed by atoms with van der Waals surface area (Å²) in [6, 6.07) is 12.0. The number of aromatic nitrogens is 2. The average Bonchev–Trinajstić information content (AvgIpc) is 2.47. The molecule has 0 fully saturated rings. The summed E-state index contributed by atoms with van der Waals surface area (Å²) in [6.45, 7) is 4.09. The van der Waals surface area contributed by atoms with Crippen LogP contribution in [0.4, 0.5) is 0 Å². The third-order valence-electron chi connectivity index (χ3n) is 2.83. The zero-order chi connectivity index (χ0) is 14.4. The predicted octanol–water partition coefficient (Wildman–Crippen LogP) is 5.17. The van der Waals surface area contributed by atoms with Crippen LogP contribution in [0.3, 0.4) is 0 Å². The summed E-state index contributed by atoms with van der Waals surface area (Å²) in [5.74, 6) is 0. The molecule has 3 heteroatoms. The highest BCUT2D eigenvalue weighted by Gasteiger charge is 2.07. The maximum atomic E-state index is 6.07. The Balaban J connectivity index is 2.51. The van der Waals surface area contributed by atoms with Gasteiger partial charge in [-0.1, -0.05) is 55.5 Å². The van der Waals surface area contributed by atoms with E-state index in [1.54, 1.807) is 0 Å². The summed E-state index contributed by atoms with van der Waals surface area (Å²) in [4.78, 5) is 8.64. The molecule has 0 atom stereocenters. The summed E-state index contributed by atoms with van der Waals surface area (Å²) in [7, 11) is 0. The molecule has 0 spiro atoms. The Morgan fingerprint density at radius 1 is 1.20 bits per heavy atom. The Kier molecular flexibility index (Phi) is 5.08. The van der Waals surface area contributed by atoms with Gasteiger partial charge in [0.25, 0.3) is 0 Å². The van der Waals surface area contributed by atoms with E-state index in [1.165, 1.54) is 0 Å². The van der Waals surface area contributed by atoms with Gasteiger partial charge < -0.3 is 0 Å². The standard InChI is InChI=1S/C17H17ClN2/c1-3-8-13(9-4-2)15-12-16(20-17(18)19-15)14-10-6-5-7-11-14/h3,5-12H,4H2,1-2H3/b8-3-,13-9+. The Hall–Kier alpha value is -1.93. The zero-order valence-corrected chi connectivity index (χ0v) is 12.4. The van der Waals surface area contributed by atoms with Gasteiger partial charge in [-0.3, -0.25) is 0 Å². The molecule has 0 radical (unpaired) electrons. The van der Waals surface area contributed by atoms with Crippen LogP contribution in [0.2, 0.25) is 5.28 Å². The quantitative estimate of drug-likeness (QED) is 0.572. The lowest BCUT2D eigenvalue weighted by atomic mass is 10.1. The first kappa shape index (κ1) is 14.5. The molecular weight excluding hydrogens is 268 g/mol. The number of nitrogens with zero attached hydrogens (tertiary/aromatic N) is 2. The van der Waals surface area contributed by atoms with Crippen molar-refractivity contribution in [1.29, 1.82) is 0 Å². The van der Waals surface area contributed by atoms with E-state index in [0.717, 1.165) is 28.9 Å². The number of hydrogen-bond donors (Lipinski definition) is 0. The lowest BCUT2D eigenvalue weighted by Gasteiger charge is -2.06. The van der Waals surface area contributed by atoms with Crippen molar-refractivity contribution in [2.75, 3.05) is 0 Å². The van der Waals surface area contributed by atoms with Crippen LogP contribution >= 0.6 is 11.6 Å². The molecule has 0 bridgehead atoms. The molecule has 20 heavy (non-hydrogen) atoms. The predicted molar refractivity (Wildman–Crippen MR) is 85.6 cm³/mol. The molecule has 0 saturated heterocycles. The first-order valence-corrected chi connectivity index (χ1v) is 7.05. The highest BCUT2D eigenvalue weighted by atomic mass is 35.5. The van der Waals surface area contributed by atoms with E-state index in [-0.39, 0.29) is 5.28 Å². The third-order valence-corrected chi connectivity index (χ3v) is 3.00. The number of halogens is 1. The first-order chi connectivity index (χ1) is 9.74. The molecule has 1 heterocycles. The summed E-state index contributed by atoms with van der Waals surface area (Å²) < 4.78 is 0. The largest absolute Gasteiger partial charge is 0.223 e. The minimum Gasteiger partial charge on any atom is -0.218 e. The second-order valence-corrected chi connectivity index (χ2v) is 4.68. The Labute approximate surface area is 124 Å². The number of allylic oxidation sites excluding steroid dienone is 4. The molecule has 0 aliphatic rings. The van der Waals surface area contributed by atoms with Crippen molar-refractivity contribution < 1.29 is 0 Å².